The van der Waals surface area contributed by atoms with Crippen molar-refractivity contribution in [3.05, 3.63) is 46.1 Å². The van der Waals surface area contributed by atoms with Crippen molar-refractivity contribution in [3.63, 3.8) is 0 Å². The minimum atomic E-state index is 0.584. The number of nitrogens with one attached hydrogen (secondary N) is 1. The van der Waals surface area contributed by atoms with Crippen molar-refractivity contribution in [1.29, 1.82) is 0 Å². The molecule has 0 unspecified atom stereocenters. The Morgan fingerprint density at radius 1 is 1.21 bits per heavy atom. The van der Waals surface area contributed by atoms with Crippen LogP contribution in [0.25, 0.3) is 22.2 Å². The van der Waals surface area contributed by atoms with Gasteiger partial charge in [-0.15, -0.1) is 0 Å². The minimum Gasteiger partial charge on any atom is -0.481 e. The third-order valence-electron chi connectivity index (χ3n) is 4.03. The fourth-order valence-corrected chi connectivity index (χ4v) is 3.51. The molecule has 0 aliphatic rings. The molecule has 0 radical (unpaired) electrons. The number of aromatic nitrogens is 2. The van der Waals surface area contributed by atoms with Gasteiger partial charge in [0, 0.05) is 33.8 Å². The highest BCUT2D eigenvalue weighted by molar-refractivity contribution is 6.39. The van der Waals surface area contributed by atoms with Gasteiger partial charge in [0.25, 0.3) is 0 Å². The SMILES string of the molecule is COc1ccc(-c2[nH]c3cc(Cl)cc(Cl)c3c2CCCCN)cn1. The molecule has 1 aromatic carbocycles. The summed E-state index contributed by atoms with van der Waals surface area (Å²) in [6.45, 7) is 0.682. The van der Waals surface area contributed by atoms with Crippen molar-refractivity contribution >= 4 is 34.1 Å². The highest BCUT2D eigenvalue weighted by atomic mass is 35.5. The molecule has 3 rings (SSSR count). The number of nitrogens with two attached hydrogens (primary N) is 1. The topological polar surface area (TPSA) is 63.9 Å². The average molecular weight is 364 g/mol. The summed E-state index contributed by atoms with van der Waals surface area (Å²) < 4.78 is 5.13. The van der Waals surface area contributed by atoms with Gasteiger partial charge in [-0.2, -0.15) is 0 Å². The normalized spacial score (nSPS) is 11.2. The van der Waals surface area contributed by atoms with Crippen LogP contribution in [0.15, 0.2) is 30.5 Å². The van der Waals surface area contributed by atoms with Crippen LogP contribution in [0.5, 0.6) is 5.88 Å². The van der Waals surface area contributed by atoms with Gasteiger partial charge in [0.05, 0.1) is 17.8 Å². The molecule has 3 aromatic rings. The zero-order valence-corrected chi connectivity index (χ0v) is 14.9. The standard InChI is InChI=1S/C18H19Cl2N3O/c1-24-16-6-5-11(10-22-16)18-13(4-2-3-7-21)17-14(20)8-12(19)9-15(17)23-18/h5-6,8-10,23H,2-4,7,21H2,1H3. The van der Waals surface area contributed by atoms with Gasteiger partial charge >= 0.3 is 0 Å². The molecule has 0 aliphatic carbocycles. The van der Waals surface area contributed by atoms with Crippen molar-refractivity contribution in [2.45, 2.75) is 19.3 Å². The Hall–Kier alpha value is -1.75. The van der Waals surface area contributed by atoms with Crippen LogP contribution in [0.2, 0.25) is 10.0 Å². The number of benzene rings is 1. The molecule has 126 valence electrons. The maximum Gasteiger partial charge on any atom is 0.212 e. The summed E-state index contributed by atoms with van der Waals surface area (Å²) in [7, 11) is 1.60. The third kappa shape index (κ3) is 3.36. The molecule has 0 saturated carbocycles. The number of pyridine rings is 1. The Morgan fingerprint density at radius 3 is 2.71 bits per heavy atom. The number of unbranched alkanes of at least 4 members (excludes halogenated alkanes) is 1. The number of hydrogen-bond donors (Lipinski definition) is 2. The van der Waals surface area contributed by atoms with Crippen LogP contribution in [-0.2, 0) is 6.42 Å². The number of aromatic amines is 1. The van der Waals surface area contributed by atoms with Crippen molar-refractivity contribution in [3.8, 4) is 17.1 Å². The van der Waals surface area contributed by atoms with E-state index < -0.39 is 0 Å². The Kier molecular flexibility index (Phi) is 5.29. The lowest BCUT2D eigenvalue weighted by atomic mass is 10.0. The molecule has 6 heteroatoms. The van der Waals surface area contributed by atoms with E-state index in [2.05, 4.69) is 9.97 Å². The van der Waals surface area contributed by atoms with Crippen LogP contribution in [0.3, 0.4) is 0 Å². The summed E-state index contributed by atoms with van der Waals surface area (Å²) in [4.78, 5) is 7.75. The molecule has 24 heavy (non-hydrogen) atoms. The van der Waals surface area contributed by atoms with E-state index in [1.165, 1.54) is 5.56 Å². The van der Waals surface area contributed by atoms with Crippen LogP contribution < -0.4 is 10.5 Å². The first kappa shape index (κ1) is 17.1. The number of hydrogen-bond acceptors (Lipinski definition) is 3. The van der Waals surface area contributed by atoms with E-state index in [9.17, 15) is 0 Å². The van der Waals surface area contributed by atoms with E-state index in [4.69, 9.17) is 33.7 Å². The van der Waals surface area contributed by atoms with Crippen LogP contribution in [-0.4, -0.2) is 23.6 Å². The highest BCUT2D eigenvalue weighted by Crippen LogP contribution is 2.37. The Morgan fingerprint density at radius 2 is 2.04 bits per heavy atom. The second-order valence-electron chi connectivity index (χ2n) is 5.62. The number of methoxy groups -OCH3 is 1. The molecule has 0 bridgehead atoms. The molecule has 3 N–H and O–H groups in total. The first-order valence-corrected chi connectivity index (χ1v) is 8.59. The fourth-order valence-electron chi connectivity index (χ4n) is 2.91. The Bertz CT molecular complexity index is 844. The van der Waals surface area contributed by atoms with Crippen molar-refractivity contribution in [1.82, 2.24) is 9.97 Å². The zero-order valence-electron chi connectivity index (χ0n) is 13.4. The summed E-state index contributed by atoms with van der Waals surface area (Å²) in [5, 5.41) is 2.29. The fraction of sp³-hybridized carbons (Fsp3) is 0.278. The van der Waals surface area contributed by atoms with Gasteiger partial charge in [-0.05, 0) is 49.6 Å². The van der Waals surface area contributed by atoms with E-state index in [1.54, 1.807) is 19.4 Å². The molecule has 2 aromatic heterocycles. The van der Waals surface area contributed by atoms with Crippen molar-refractivity contribution in [2.75, 3.05) is 13.7 Å². The first-order chi connectivity index (χ1) is 11.6. The van der Waals surface area contributed by atoms with Crippen LogP contribution in [0.4, 0.5) is 0 Å². The molecule has 0 atom stereocenters. The summed E-state index contributed by atoms with van der Waals surface area (Å²) in [6.07, 6.45) is 4.66. The second kappa shape index (κ2) is 7.43. The minimum absolute atomic E-state index is 0.584. The molecular weight excluding hydrogens is 345 g/mol. The lowest BCUT2D eigenvalue weighted by Gasteiger charge is -2.06. The molecule has 0 saturated heterocycles. The molecule has 2 heterocycles. The summed E-state index contributed by atoms with van der Waals surface area (Å²) >= 11 is 12.6. The van der Waals surface area contributed by atoms with Gasteiger partial charge < -0.3 is 15.5 Å². The quantitative estimate of drug-likeness (QED) is 0.616. The van der Waals surface area contributed by atoms with E-state index in [0.717, 1.165) is 41.4 Å². The van der Waals surface area contributed by atoms with Crippen LogP contribution in [0.1, 0.15) is 18.4 Å². The summed E-state index contributed by atoms with van der Waals surface area (Å²) in [5.41, 5.74) is 9.74. The summed E-state index contributed by atoms with van der Waals surface area (Å²) in [5.74, 6) is 0.584. The van der Waals surface area contributed by atoms with Gasteiger partial charge in [0.1, 0.15) is 0 Å². The number of aryl methyl sites for hydroxylation is 1. The number of nitrogens with zero attached hydrogens (tertiary/aromatic N) is 1. The highest BCUT2D eigenvalue weighted by Gasteiger charge is 2.16. The predicted molar refractivity (Wildman–Crippen MR) is 100 cm³/mol. The molecule has 0 aliphatic heterocycles. The molecule has 0 amide bonds. The van der Waals surface area contributed by atoms with Crippen LogP contribution in [0, 0.1) is 0 Å². The Labute approximate surface area is 150 Å². The van der Waals surface area contributed by atoms with Gasteiger partial charge in [0.15, 0.2) is 0 Å². The van der Waals surface area contributed by atoms with E-state index in [1.807, 2.05) is 18.2 Å². The second-order valence-corrected chi connectivity index (χ2v) is 6.47. The van der Waals surface area contributed by atoms with Gasteiger partial charge in [-0.25, -0.2) is 4.98 Å². The zero-order chi connectivity index (χ0) is 17.1. The van der Waals surface area contributed by atoms with Gasteiger partial charge in [-0.1, -0.05) is 23.2 Å². The number of fused-ring (bicyclic) bond motifs is 1. The van der Waals surface area contributed by atoms with E-state index >= 15 is 0 Å². The lowest BCUT2D eigenvalue weighted by Crippen LogP contribution is -1.99. The molecule has 0 spiro atoms. The number of rotatable bonds is 6. The molecular formula is C18H19Cl2N3O. The smallest absolute Gasteiger partial charge is 0.212 e. The maximum absolute atomic E-state index is 6.46. The molecule has 0 fully saturated rings. The van der Waals surface area contributed by atoms with Crippen molar-refractivity contribution in [2.24, 2.45) is 5.73 Å². The van der Waals surface area contributed by atoms with Gasteiger partial charge in [-0.3, -0.25) is 0 Å². The van der Waals surface area contributed by atoms with Crippen LogP contribution >= 0.6 is 23.2 Å². The third-order valence-corrected chi connectivity index (χ3v) is 4.55. The first-order valence-electron chi connectivity index (χ1n) is 7.84. The lowest BCUT2D eigenvalue weighted by molar-refractivity contribution is 0.398. The van der Waals surface area contributed by atoms with E-state index in [-0.39, 0.29) is 0 Å². The number of H-pyrrole nitrogens is 1. The average Bonchev–Trinajstić information content (AvgIpc) is 2.94. The van der Waals surface area contributed by atoms with Crippen molar-refractivity contribution < 1.29 is 4.74 Å². The monoisotopic (exact) mass is 363 g/mol. The predicted octanol–water partition coefficient (Wildman–Crippen LogP) is 4.83. The number of halogens is 2. The number of ether oxygens (including phenoxy) is 1. The Balaban J connectivity index is 2.13. The maximum atomic E-state index is 6.46. The largest absolute Gasteiger partial charge is 0.481 e. The summed E-state index contributed by atoms with van der Waals surface area (Å²) in [6, 6.07) is 7.51. The molecule has 4 nitrogen and oxygen atoms in total. The van der Waals surface area contributed by atoms with E-state index in [0.29, 0.717) is 22.5 Å². The van der Waals surface area contributed by atoms with Gasteiger partial charge in [0.2, 0.25) is 5.88 Å².